The predicted octanol–water partition coefficient (Wildman–Crippen LogP) is 3.08. The van der Waals surface area contributed by atoms with E-state index in [9.17, 15) is 5.21 Å². The molecule has 5 rings (SSSR count). The van der Waals surface area contributed by atoms with Crippen LogP contribution in [0.4, 0.5) is 17.3 Å². The average molecular weight is 398 g/mol. The van der Waals surface area contributed by atoms with E-state index in [1.165, 1.54) is 5.69 Å². The highest BCUT2D eigenvalue weighted by Gasteiger charge is 2.13. The van der Waals surface area contributed by atoms with Crippen molar-refractivity contribution >= 4 is 28.4 Å². The van der Waals surface area contributed by atoms with Crippen molar-refractivity contribution in [3.8, 4) is 11.1 Å². The zero-order valence-corrected chi connectivity index (χ0v) is 16.5. The van der Waals surface area contributed by atoms with Gasteiger partial charge in [-0.3, -0.25) is 0 Å². The van der Waals surface area contributed by atoms with Crippen LogP contribution in [0.3, 0.4) is 0 Å². The first-order valence-corrected chi connectivity index (χ1v) is 10.1. The predicted molar refractivity (Wildman–Crippen MR) is 119 cm³/mol. The second-order valence-electron chi connectivity index (χ2n) is 7.29. The van der Waals surface area contributed by atoms with Crippen molar-refractivity contribution in [2.24, 2.45) is 0 Å². The van der Waals surface area contributed by atoms with Crippen LogP contribution in [0, 0.1) is 5.21 Å². The summed E-state index contributed by atoms with van der Waals surface area (Å²) >= 11 is 0. The molecule has 4 aromatic rings. The second kappa shape index (κ2) is 7.96. The molecule has 150 valence electrons. The lowest BCUT2D eigenvalue weighted by Crippen LogP contribution is -2.43. The summed E-state index contributed by atoms with van der Waals surface area (Å²) in [6, 6.07) is 23.7. The van der Waals surface area contributed by atoms with E-state index in [2.05, 4.69) is 37.7 Å². The quantitative estimate of drug-likeness (QED) is 0.406. The van der Waals surface area contributed by atoms with Crippen LogP contribution in [0.15, 0.2) is 72.8 Å². The van der Waals surface area contributed by atoms with Gasteiger partial charge < -0.3 is 20.7 Å². The van der Waals surface area contributed by atoms with Gasteiger partial charge in [0.15, 0.2) is 0 Å². The summed E-state index contributed by atoms with van der Waals surface area (Å²) in [5, 5.41) is 23.0. The fraction of sp³-hybridized carbons (Fsp3) is 0.174. The van der Waals surface area contributed by atoms with Gasteiger partial charge in [-0.25, -0.2) is 4.98 Å². The smallest absolute Gasteiger partial charge is 0.295 e. The van der Waals surface area contributed by atoms with Crippen molar-refractivity contribution in [3.63, 3.8) is 0 Å². The number of aromatic nitrogens is 3. The van der Waals surface area contributed by atoms with Crippen LogP contribution in [0.25, 0.3) is 22.2 Å². The molecule has 0 amide bonds. The Kier molecular flexibility index (Phi) is 4.86. The van der Waals surface area contributed by atoms with Crippen LogP contribution in [0.2, 0.25) is 0 Å². The molecule has 0 radical (unpaired) electrons. The summed E-state index contributed by atoms with van der Waals surface area (Å²) in [4.78, 5) is 7.54. The van der Waals surface area contributed by atoms with Crippen LogP contribution >= 0.6 is 0 Å². The van der Waals surface area contributed by atoms with Gasteiger partial charge in [0.2, 0.25) is 0 Å². The molecule has 30 heavy (non-hydrogen) atoms. The van der Waals surface area contributed by atoms with Crippen molar-refractivity contribution in [3.05, 3.63) is 78.0 Å². The molecule has 3 aromatic carbocycles. The molecule has 2 N–H and O–H groups in total. The number of anilines is 3. The number of nitrogens with one attached hydrogen (secondary N) is 2. The van der Waals surface area contributed by atoms with Gasteiger partial charge in [0.25, 0.3) is 11.5 Å². The Hall–Kier alpha value is -3.71. The third kappa shape index (κ3) is 3.75. The SMILES string of the molecule is [O-][n+]1nc(Nc2ccc(N3CCNCC3)cc2)nc2cc(-c3ccccc3)ccc21. The van der Waals surface area contributed by atoms with Crippen molar-refractivity contribution in [1.82, 2.24) is 15.4 Å². The van der Waals surface area contributed by atoms with Gasteiger partial charge in [0.1, 0.15) is 5.52 Å². The van der Waals surface area contributed by atoms with Gasteiger partial charge in [-0.15, -0.1) is 0 Å². The van der Waals surface area contributed by atoms with E-state index < -0.39 is 0 Å². The molecular formula is C23H22N6O. The fourth-order valence-corrected chi connectivity index (χ4v) is 3.72. The van der Waals surface area contributed by atoms with E-state index in [4.69, 9.17) is 0 Å². The minimum absolute atomic E-state index is 0.276. The standard InChI is InChI=1S/C23H22N6O/c30-29-22-11-6-18(17-4-2-1-3-5-17)16-21(22)26-23(27-29)25-19-7-9-20(10-8-19)28-14-12-24-13-15-28/h1-11,16,24H,12-15H2,(H,25,26,27). The molecule has 1 aliphatic heterocycles. The molecule has 0 spiro atoms. The normalized spacial score (nSPS) is 14.1. The number of hydrogen-bond acceptors (Lipinski definition) is 6. The number of fused-ring (bicyclic) bond motifs is 1. The van der Waals surface area contributed by atoms with Gasteiger partial charge in [0, 0.05) is 43.6 Å². The fourth-order valence-electron chi connectivity index (χ4n) is 3.72. The average Bonchev–Trinajstić information content (AvgIpc) is 2.80. The molecule has 0 unspecified atom stereocenters. The molecule has 7 heteroatoms. The van der Waals surface area contributed by atoms with Crippen molar-refractivity contribution < 1.29 is 4.85 Å². The number of hydrogen-bond donors (Lipinski definition) is 2. The summed E-state index contributed by atoms with van der Waals surface area (Å²) in [5.41, 5.74) is 5.15. The molecule has 1 aliphatic rings. The van der Waals surface area contributed by atoms with Gasteiger partial charge >= 0.3 is 0 Å². The van der Waals surface area contributed by atoms with Crippen LogP contribution in [-0.4, -0.2) is 36.3 Å². The Bertz CT molecular complexity index is 1160. The summed E-state index contributed by atoms with van der Waals surface area (Å²) in [6.07, 6.45) is 0. The lowest BCUT2D eigenvalue weighted by atomic mass is 10.1. The van der Waals surface area contributed by atoms with E-state index in [1.807, 2.05) is 54.6 Å². The Labute approximate surface area is 174 Å². The Morgan fingerprint density at radius 2 is 1.67 bits per heavy atom. The zero-order chi connectivity index (χ0) is 20.3. The maximum atomic E-state index is 12.4. The van der Waals surface area contributed by atoms with Crippen molar-refractivity contribution in [1.29, 1.82) is 0 Å². The third-order valence-electron chi connectivity index (χ3n) is 5.31. The maximum Gasteiger partial charge on any atom is 0.295 e. The van der Waals surface area contributed by atoms with Crippen LogP contribution in [-0.2, 0) is 0 Å². The number of nitrogens with zero attached hydrogens (tertiary/aromatic N) is 4. The minimum Gasteiger partial charge on any atom is -0.594 e. The molecule has 1 fully saturated rings. The van der Waals surface area contributed by atoms with E-state index in [-0.39, 0.29) is 5.95 Å². The van der Waals surface area contributed by atoms with Gasteiger partial charge in [-0.05, 0) is 52.4 Å². The summed E-state index contributed by atoms with van der Waals surface area (Å²) < 4.78 is 0. The zero-order valence-electron chi connectivity index (χ0n) is 16.5. The largest absolute Gasteiger partial charge is 0.594 e. The Morgan fingerprint density at radius 1 is 0.900 bits per heavy atom. The second-order valence-corrected chi connectivity index (χ2v) is 7.29. The highest BCUT2D eigenvalue weighted by Crippen LogP contribution is 2.24. The first-order chi connectivity index (χ1) is 14.8. The topological polar surface area (TPSA) is 80.0 Å². The van der Waals surface area contributed by atoms with E-state index in [1.54, 1.807) is 6.07 Å². The lowest BCUT2D eigenvalue weighted by molar-refractivity contribution is -0.641. The minimum atomic E-state index is 0.276. The van der Waals surface area contributed by atoms with Crippen molar-refractivity contribution in [2.75, 3.05) is 36.4 Å². The van der Waals surface area contributed by atoms with Gasteiger partial charge in [-0.1, -0.05) is 30.3 Å². The first-order valence-electron chi connectivity index (χ1n) is 10.1. The van der Waals surface area contributed by atoms with Crippen LogP contribution in [0.5, 0.6) is 0 Å². The molecule has 1 saturated heterocycles. The number of benzene rings is 3. The third-order valence-corrected chi connectivity index (χ3v) is 5.31. The number of rotatable bonds is 4. The monoisotopic (exact) mass is 398 g/mol. The van der Waals surface area contributed by atoms with E-state index in [0.29, 0.717) is 15.9 Å². The molecule has 0 atom stereocenters. The molecule has 0 saturated carbocycles. The highest BCUT2D eigenvalue weighted by molar-refractivity contribution is 5.80. The van der Waals surface area contributed by atoms with Crippen LogP contribution < -0.4 is 20.4 Å². The molecule has 0 bridgehead atoms. The summed E-state index contributed by atoms with van der Waals surface area (Å²) in [5.74, 6) is 0.276. The molecule has 1 aromatic heterocycles. The maximum absolute atomic E-state index is 12.4. The van der Waals surface area contributed by atoms with Gasteiger partial charge in [0.05, 0.1) is 5.10 Å². The van der Waals surface area contributed by atoms with E-state index >= 15 is 0 Å². The Balaban J connectivity index is 1.41. The lowest BCUT2D eigenvalue weighted by Gasteiger charge is -2.29. The van der Waals surface area contributed by atoms with Gasteiger partial charge in [-0.2, -0.15) is 0 Å². The summed E-state index contributed by atoms with van der Waals surface area (Å²) in [7, 11) is 0. The van der Waals surface area contributed by atoms with Crippen LogP contribution in [0.1, 0.15) is 0 Å². The Morgan fingerprint density at radius 3 is 2.43 bits per heavy atom. The molecule has 2 heterocycles. The molecule has 0 aliphatic carbocycles. The van der Waals surface area contributed by atoms with Crippen molar-refractivity contribution in [2.45, 2.75) is 0 Å². The van der Waals surface area contributed by atoms with E-state index in [0.717, 1.165) is 43.0 Å². The highest BCUT2D eigenvalue weighted by atomic mass is 16.5. The first kappa shape index (κ1) is 18.3. The molecule has 7 nitrogen and oxygen atoms in total. The molecular weight excluding hydrogens is 376 g/mol. The summed E-state index contributed by atoms with van der Waals surface area (Å²) in [6.45, 7) is 4.00. The number of piperazine rings is 1.